The van der Waals surface area contributed by atoms with E-state index in [0.717, 1.165) is 5.56 Å². The van der Waals surface area contributed by atoms with Gasteiger partial charge in [-0.2, -0.15) is 5.10 Å². The number of hydrogen-bond acceptors (Lipinski definition) is 6. The van der Waals surface area contributed by atoms with Crippen LogP contribution in [0.5, 0.6) is 17.2 Å². The topological polar surface area (TPSA) is 98.3 Å². The zero-order valence-electron chi connectivity index (χ0n) is 16.9. The first-order valence-electron chi connectivity index (χ1n) is 8.92. The Hall–Kier alpha value is -3.55. The summed E-state index contributed by atoms with van der Waals surface area (Å²) in [5.41, 5.74) is 4.11. The van der Waals surface area contributed by atoms with E-state index >= 15 is 0 Å². The van der Waals surface area contributed by atoms with Crippen LogP contribution in [0, 0.1) is 0 Å². The minimum Gasteiger partial charge on any atom is -0.497 e. The van der Waals surface area contributed by atoms with Gasteiger partial charge in [-0.1, -0.05) is 18.2 Å². The highest BCUT2D eigenvalue weighted by molar-refractivity contribution is 6.01. The Morgan fingerprint density at radius 2 is 1.62 bits per heavy atom. The van der Waals surface area contributed by atoms with E-state index in [9.17, 15) is 9.59 Å². The molecule has 0 fully saturated rings. The number of methoxy groups -OCH3 is 3. The smallest absolute Gasteiger partial charge is 0.271 e. The van der Waals surface area contributed by atoms with Gasteiger partial charge in [0.05, 0.1) is 27.8 Å². The maximum atomic E-state index is 12.3. The summed E-state index contributed by atoms with van der Waals surface area (Å²) in [6.07, 6.45) is 0.0524. The monoisotopic (exact) mass is 399 g/mol. The standard InChI is InChI=1S/C21H25N3O5/c1-14(9-20(25)22-13-15-7-5-6-8-19(15)29-4)23-24-21(26)16-10-17(27-2)12-18(11-16)28-3/h5-8,10-12H,9,13H2,1-4H3,(H,22,25)(H,24,26). The average Bonchev–Trinajstić information content (AvgIpc) is 2.75. The van der Waals surface area contributed by atoms with Crippen molar-refractivity contribution in [1.29, 1.82) is 0 Å². The molecule has 0 unspecified atom stereocenters. The molecule has 8 nitrogen and oxygen atoms in total. The highest BCUT2D eigenvalue weighted by Gasteiger charge is 2.11. The highest BCUT2D eigenvalue weighted by atomic mass is 16.5. The van der Waals surface area contributed by atoms with E-state index in [0.29, 0.717) is 35.1 Å². The fraction of sp³-hybridized carbons (Fsp3) is 0.286. The van der Waals surface area contributed by atoms with Gasteiger partial charge in [-0.15, -0.1) is 0 Å². The van der Waals surface area contributed by atoms with E-state index in [1.54, 1.807) is 32.2 Å². The zero-order chi connectivity index (χ0) is 21.2. The normalized spacial score (nSPS) is 10.8. The van der Waals surface area contributed by atoms with Crippen LogP contribution >= 0.6 is 0 Å². The predicted molar refractivity (Wildman–Crippen MR) is 110 cm³/mol. The van der Waals surface area contributed by atoms with E-state index in [2.05, 4.69) is 15.8 Å². The Balaban J connectivity index is 1.91. The number of carbonyl (C=O) groups is 2. The molecule has 0 radical (unpaired) electrons. The molecular weight excluding hydrogens is 374 g/mol. The van der Waals surface area contributed by atoms with Gasteiger partial charge >= 0.3 is 0 Å². The summed E-state index contributed by atoms with van der Waals surface area (Å²) in [7, 11) is 4.59. The largest absolute Gasteiger partial charge is 0.497 e. The summed E-state index contributed by atoms with van der Waals surface area (Å²) in [5.74, 6) is 1.04. The van der Waals surface area contributed by atoms with Crippen molar-refractivity contribution < 1.29 is 23.8 Å². The van der Waals surface area contributed by atoms with E-state index in [-0.39, 0.29) is 12.3 Å². The molecule has 8 heteroatoms. The Labute approximate surface area is 169 Å². The van der Waals surface area contributed by atoms with Crippen molar-refractivity contribution in [2.24, 2.45) is 5.10 Å². The lowest BCUT2D eigenvalue weighted by atomic mass is 10.2. The van der Waals surface area contributed by atoms with Crippen LogP contribution in [0.4, 0.5) is 0 Å². The molecular formula is C21H25N3O5. The van der Waals surface area contributed by atoms with Gasteiger partial charge in [0.15, 0.2) is 0 Å². The summed E-state index contributed by atoms with van der Waals surface area (Å²) in [5, 5.41) is 6.80. The van der Waals surface area contributed by atoms with E-state index in [1.807, 2.05) is 24.3 Å². The molecule has 0 spiro atoms. The fourth-order valence-electron chi connectivity index (χ4n) is 2.53. The molecule has 154 valence electrons. The number of hydrogen-bond donors (Lipinski definition) is 2. The number of rotatable bonds is 9. The number of nitrogens with zero attached hydrogens (tertiary/aromatic N) is 1. The minimum absolute atomic E-state index is 0.0524. The second kappa shape index (κ2) is 10.7. The molecule has 0 aliphatic carbocycles. The molecule has 0 heterocycles. The lowest BCUT2D eigenvalue weighted by Crippen LogP contribution is -2.26. The third-order valence-electron chi connectivity index (χ3n) is 4.05. The van der Waals surface area contributed by atoms with Gasteiger partial charge in [-0.05, 0) is 25.1 Å². The van der Waals surface area contributed by atoms with Crippen LogP contribution in [-0.2, 0) is 11.3 Å². The van der Waals surface area contributed by atoms with Crippen LogP contribution < -0.4 is 25.0 Å². The fourth-order valence-corrected chi connectivity index (χ4v) is 2.53. The molecule has 0 saturated carbocycles. The molecule has 0 atom stereocenters. The van der Waals surface area contributed by atoms with Crippen LogP contribution in [0.3, 0.4) is 0 Å². The molecule has 0 aromatic heterocycles. The van der Waals surface area contributed by atoms with Gasteiger partial charge in [0.1, 0.15) is 17.2 Å². The van der Waals surface area contributed by atoms with Gasteiger partial charge in [0.2, 0.25) is 5.91 Å². The summed E-state index contributed by atoms with van der Waals surface area (Å²) >= 11 is 0. The molecule has 0 aliphatic heterocycles. The maximum absolute atomic E-state index is 12.3. The summed E-state index contributed by atoms with van der Waals surface area (Å²) in [6, 6.07) is 12.3. The van der Waals surface area contributed by atoms with Crippen LogP contribution in [0.1, 0.15) is 29.3 Å². The number of carbonyl (C=O) groups excluding carboxylic acids is 2. The van der Waals surface area contributed by atoms with Crippen molar-refractivity contribution in [3.8, 4) is 17.2 Å². The number of para-hydroxylation sites is 1. The summed E-state index contributed by atoms with van der Waals surface area (Å²) in [4.78, 5) is 24.4. The van der Waals surface area contributed by atoms with Crippen LogP contribution in [0.15, 0.2) is 47.6 Å². The summed E-state index contributed by atoms with van der Waals surface area (Å²) < 4.78 is 15.6. The quantitative estimate of drug-likeness (QED) is 0.499. The Bertz CT molecular complexity index is 873. The van der Waals surface area contributed by atoms with Crippen molar-refractivity contribution in [3.63, 3.8) is 0 Å². The average molecular weight is 399 g/mol. The van der Waals surface area contributed by atoms with Crippen LogP contribution in [0.25, 0.3) is 0 Å². The second-order valence-electron chi connectivity index (χ2n) is 6.15. The molecule has 0 aliphatic rings. The predicted octanol–water partition coefficient (Wildman–Crippen LogP) is 2.52. The third-order valence-corrected chi connectivity index (χ3v) is 4.05. The molecule has 2 rings (SSSR count). The van der Waals surface area contributed by atoms with Crippen molar-refractivity contribution in [2.45, 2.75) is 19.9 Å². The molecule has 2 aromatic carbocycles. The number of ether oxygens (including phenoxy) is 3. The highest BCUT2D eigenvalue weighted by Crippen LogP contribution is 2.22. The Morgan fingerprint density at radius 3 is 2.24 bits per heavy atom. The Kier molecular flexibility index (Phi) is 8.02. The number of amides is 2. The van der Waals surface area contributed by atoms with Crippen molar-refractivity contribution >= 4 is 17.5 Å². The van der Waals surface area contributed by atoms with E-state index in [4.69, 9.17) is 14.2 Å². The van der Waals surface area contributed by atoms with Crippen molar-refractivity contribution in [2.75, 3.05) is 21.3 Å². The SMILES string of the molecule is COc1cc(OC)cc(C(=O)NN=C(C)CC(=O)NCc2ccccc2OC)c1. The molecule has 2 N–H and O–H groups in total. The Morgan fingerprint density at radius 1 is 0.966 bits per heavy atom. The first-order valence-corrected chi connectivity index (χ1v) is 8.92. The van der Waals surface area contributed by atoms with E-state index < -0.39 is 5.91 Å². The maximum Gasteiger partial charge on any atom is 0.271 e. The number of benzene rings is 2. The first-order chi connectivity index (χ1) is 14.0. The van der Waals surface area contributed by atoms with Gasteiger partial charge in [-0.25, -0.2) is 5.43 Å². The molecule has 29 heavy (non-hydrogen) atoms. The minimum atomic E-state index is -0.434. The number of hydrazone groups is 1. The number of nitrogens with one attached hydrogen (secondary N) is 2. The van der Waals surface area contributed by atoms with Crippen LogP contribution in [0.2, 0.25) is 0 Å². The molecule has 2 amide bonds. The van der Waals surface area contributed by atoms with Crippen LogP contribution in [-0.4, -0.2) is 38.9 Å². The zero-order valence-corrected chi connectivity index (χ0v) is 16.9. The van der Waals surface area contributed by atoms with Gasteiger partial charge in [0, 0.05) is 29.4 Å². The molecule has 0 bridgehead atoms. The van der Waals surface area contributed by atoms with Crippen molar-refractivity contribution in [3.05, 3.63) is 53.6 Å². The molecule has 0 saturated heterocycles. The van der Waals surface area contributed by atoms with Gasteiger partial charge < -0.3 is 19.5 Å². The first kappa shape index (κ1) is 21.7. The van der Waals surface area contributed by atoms with Gasteiger partial charge in [0.25, 0.3) is 5.91 Å². The summed E-state index contributed by atoms with van der Waals surface area (Å²) in [6.45, 7) is 2.00. The molecule has 2 aromatic rings. The van der Waals surface area contributed by atoms with Crippen molar-refractivity contribution in [1.82, 2.24) is 10.7 Å². The lowest BCUT2D eigenvalue weighted by Gasteiger charge is -2.10. The lowest BCUT2D eigenvalue weighted by molar-refractivity contribution is -0.120. The second-order valence-corrected chi connectivity index (χ2v) is 6.15. The van der Waals surface area contributed by atoms with E-state index in [1.165, 1.54) is 14.2 Å². The third kappa shape index (κ3) is 6.53. The van der Waals surface area contributed by atoms with Gasteiger partial charge in [-0.3, -0.25) is 9.59 Å².